The molecule has 0 bridgehead atoms. The van der Waals surface area contributed by atoms with Crippen molar-refractivity contribution in [3.63, 3.8) is 0 Å². The number of H-pyrrole nitrogens is 1. The van der Waals surface area contributed by atoms with Crippen molar-refractivity contribution in [2.45, 2.75) is 26.2 Å². The van der Waals surface area contributed by atoms with E-state index in [4.69, 9.17) is 0 Å². The fourth-order valence-corrected chi connectivity index (χ4v) is 2.31. The number of hydrogen-bond acceptors (Lipinski definition) is 0. The third kappa shape index (κ3) is 1.61. The van der Waals surface area contributed by atoms with Crippen LogP contribution in [0.3, 0.4) is 0 Å². The molecule has 14 heavy (non-hydrogen) atoms. The Bertz CT molecular complexity index is 463. The zero-order valence-electron chi connectivity index (χ0n) is 8.89. The molecule has 1 nitrogen and oxygen atoms in total. The molecule has 0 aliphatic carbocycles. The minimum atomic E-state index is 0.221. The van der Waals surface area contributed by atoms with E-state index in [1.807, 2.05) is 0 Å². The fraction of sp³-hybridized carbons (Fsp3) is 0.333. The van der Waals surface area contributed by atoms with E-state index < -0.39 is 0 Å². The number of benzene rings is 1. The summed E-state index contributed by atoms with van der Waals surface area (Å²) in [5, 5.41) is 1.37. The van der Waals surface area contributed by atoms with Crippen molar-refractivity contribution in [1.82, 2.24) is 4.98 Å². The number of nitrogens with one attached hydrogen (secondary N) is 1. The SMILES string of the molecule is CC(C)(C)c1c[nH]c2ccc([AsH2])cc12. The minimum absolute atomic E-state index is 0.221. The topological polar surface area (TPSA) is 15.8 Å². The average Bonchev–Trinajstić information content (AvgIpc) is 2.45. The predicted octanol–water partition coefficient (Wildman–Crippen LogP) is 1.72. The first-order chi connectivity index (χ1) is 6.48. The van der Waals surface area contributed by atoms with Gasteiger partial charge in [0.15, 0.2) is 0 Å². The summed E-state index contributed by atoms with van der Waals surface area (Å²) in [6.45, 7) is 6.76. The molecule has 2 aromatic rings. The summed E-state index contributed by atoms with van der Waals surface area (Å²) in [7, 11) is 0. The van der Waals surface area contributed by atoms with Crippen molar-refractivity contribution in [3.05, 3.63) is 30.0 Å². The molecule has 0 aliphatic heterocycles. The molecule has 1 heterocycles. The molecule has 74 valence electrons. The van der Waals surface area contributed by atoms with Crippen LogP contribution in [0.5, 0.6) is 0 Å². The van der Waals surface area contributed by atoms with Crippen molar-refractivity contribution in [2.24, 2.45) is 0 Å². The zero-order chi connectivity index (χ0) is 10.3. The van der Waals surface area contributed by atoms with Crippen LogP contribution < -0.4 is 4.35 Å². The molecule has 0 aliphatic rings. The quantitative estimate of drug-likeness (QED) is 0.684. The van der Waals surface area contributed by atoms with Crippen molar-refractivity contribution >= 4 is 32.1 Å². The van der Waals surface area contributed by atoms with E-state index in [-0.39, 0.29) is 5.41 Å². The van der Waals surface area contributed by atoms with Gasteiger partial charge in [0, 0.05) is 0 Å². The summed E-state index contributed by atoms with van der Waals surface area (Å²) in [6.07, 6.45) is 2.14. The first-order valence-electron chi connectivity index (χ1n) is 4.85. The number of aromatic nitrogens is 1. The molecule has 0 saturated heterocycles. The van der Waals surface area contributed by atoms with Gasteiger partial charge in [0.05, 0.1) is 0 Å². The third-order valence-corrected chi connectivity index (χ3v) is 3.27. The first kappa shape index (κ1) is 9.86. The maximum atomic E-state index is 3.33. The van der Waals surface area contributed by atoms with E-state index in [1.165, 1.54) is 20.8 Å². The number of hydrogen-bond donors (Lipinski definition) is 1. The molecule has 2 heteroatoms. The Balaban J connectivity index is 2.73. The third-order valence-electron chi connectivity index (χ3n) is 2.51. The molecule has 2 rings (SSSR count). The molecule has 0 radical (unpaired) electrons. The second kappa shape index (κ2) is 3.17. The van der Waals surface area contributed by atoms with Gasteiger partial charge < -0.3 is 0 Å². The van der Waals surface area contributed by atoms with Crippen LogP contribution in [0.4, 0.5) is 0 Å². The molecule has 1 aromatic carbocycles. The van der Waals surface area contributed by atoms with Gasteiger partial charge in [-0.15, -0.1) is 0 Å². The molecular formula is C12H16AsN. The fourth-order valence-electron chi connectivity index (χ4n) is 1.76. The second-order valence-corrected chi connectivity index (χ2v) is 6.16. The standard InChI is InChI=1S/C12H16AsN/c1-12(2,3)10-7-14-11-5-4-8(13)6-9(10)11/h4-7,14H,13H2,1-3H3. The summed E-state index contributed by atoms with van der Waals surface area (Å²) >= 11 is 1.68. The number of rotatable bonds is 0. The zero-order valence-corrected chi connectivity index (χ0v) is 11.3. The van der Waals surface area contributed by atoms with Crippen LogP contribution in [0.1, 0.15) is 26.3 Å². The Labute approximate surface area is 93.4 Å². The molecule has 0 spiro atoms. The van der Waals surface area contributed by atoms with Crippen LogP contribution in [-0.2, 0) is 5.41 Å². The van der Waals surface area contributed by atoms with Gasteiger partial charge in [0.2, 0.25) is 0 Å². The van der Waals surface area contributed by atoms with Gasteiger partial charge in [-0.25, -0.2) is 0 Å². The van der Waals surface area contributed by atoms with Gasteiger partial charge in [-0.3, -0.25) is 0 Å². The van der Waals surface area contributed by atoms with Gasteiger partial charge in [0.25, 0.3) is 0 Å². The monoisotopic (exact) mass is 249 g/mol. The Morgan fingerprint density at radius 3 is 2.57 bits per heavy atom. The summed E-state index contributed by atoms with van der Waals surface area (Å²) < 4.78 is 1.38. The summed E-state index contributed by atoms with van der Waals surface area (Å²) in [4.78, 5) is 3.33. The molecule has 0 amide bonds. The van der Waals surface area contributed by atoms with Crippen LogP contribution in [0.2, 0.25) is 0 Å². The van der Waals surface area contributed by atoms with Crippen LogP contribution >= 0.6 is 0 Å². The average molecular weight is 249 g/mol. The van der Waals surface area contributed by atoms with Crippen LogP contribution in [0.25, 0.3) is 10.9 Å². The van der Waals surface area contributed by atoms with Gasteiger partial charge in [0.1, 0.15) is 0 Å². The molecule has 0 saturated carbocycles. The molecule has 1 aromatic heterocycles. The van der Waals surface area contributed by atoms with E-state index in [2.05, 4.69) is 50.2 Å². The van der Waals surface area contributed by atoms with Gasteiger partial charge in [-0.05, 0) is 0 Å². The van der Waals surface area contributed by atoms with Crippen molar-refractivity contribution in [1.29, 1.82) is 0 Å². The predicted molar refractivity (Wildman–Crippen MR) is 65.2 cm³/mol. The molecule has 0 fully saturated rings. The van der Waals surface area contributed by atoms with E-state index in [0.717, 1.165) is 0 Å². The van der Waals surface area contributed by atoms with Crippen LogP contribution in [0, 0.1) is 0 Å². The van der Waals surface area contributed by atoms with Crippen LogP contribution in [-0.4, -0.2) is 21.8 Å². The van der Waals surface area contributed by atoms with Crippen LogP contribution in [0.15, 0.2) is 24.4 Å². The van der Waals surface area contributed by atoms with Crippen molar-refractivity contribution in [3.8, 4) is 0 Å². The molecular weight excluding hydrogens is 233 g/mol. The molecule has 1 atom stereocenters. The summed E-state index contributed by atoms with van der Waals surface area (Å²) in [6, 6.07) is 6.62. The van der Waals surface area contributed by atoms with Crippen molar-refractivity contribution < 1.29 is 0 Å². The Hall–Kier alpha value is -0.682. The number of fused-ring (bicyclic) bond motifs is 1. The summed E-state index contributed by atoms with van der Waals surface area (Å²) in [5.41, 5.74) is 2.88. The van der Waals surface area contributed by atoms with Gasteiger partial charge >= 0.3 is 93.2 Å². The normalized spacial score (nSPS) is 12.3. The van der Waals surface area contributed by atoms with Gasteiger partial charge in [-0.2, -0.15) is 0 Å². The summed E-state index contributed by atoms with van der Waals surface area (Å²) in [5.74, 6) is 0. The van der Waals surface area contributed by atoms with E-state index in [0.29, 0.717) is 0 Å². The maximum absolute atomic E-state index is 3.33. The van der Waals surface area contributed by atoms with E-state index in [1.54, 1.807) is 16.9 Å². The van der Waals surface area contributed by atoms with E-state index in [9.17, 15) is 0 Å². The van der Waals surface area contributed by atoms with Gasteiger partial charge in [-0.1, -0.05) is 0 Å². The second-order valence-electron chi connectivity index (χ2n) is 4.76. The number of aromatic amines is 1. The molecule has 1 N–H and O–H groups in total. The van der Waals surface area contributed by atoms with E-state index >= 15 is 0 Å². The Morgan fingerprint density at radius 2 is 1.93 bits per heavy atom. The Morgan fingerprint density at radius 1 is 1.21 bits per heavy atom. The van der Waals surface area contributed by atoms with Crippen molar-refractivity contribution in [2.75, 3.05) is 0 Å². The Kier molecular flexibility index (Phi) is 2.23. The first-order valence-corrected chi connectivity index (χ1v) is 6.07. The molecule has 1 unspecified atom stereocenters.